The van der Waals surface area contributed by atoms with Gasteiger partial charge in [0.05, 0.1) is 4.43 Å². The molecule has 1 aromatic heterocycles. The Hall–Kier alpha value is -0.700. The molecule has 2 atom stereocenters. The molecule has 0 spiro atoms. The number of halogens is 2. The third-order valence-electron chi connectivity index (χ3n) is 2.47. The van der Waals surface area contributed by atoms with Crippen LogP contribution in [0.25, 0.3) is 0 Å². The van der Waals surface area contributed by atoms with Crippen molar-refractivity contribution in [3.05, 3.63) is 33.1 Å². The quantitative estimate of drug-likeness (QED) is 0.644. The summed E-state index contributed by atoms with van der Waals surface area (Å²) < 4.78 is 20.4. The summed E-state index contributed by atoms with van der Waals surface area (Å²) in [5, 5.41) is 0. The molecule has 88 valence electrons. The lowest BCUT2D eigenvalue weighted by Crippen LogP contribution is -2.33. The van der Waals surface area contributed by atoms with Gasteiger partial charge in [0.15, 0.2) is 0 Å². The average Bonchev–Trinajstić information content (AvgIpc) is 2.62. The Balaban J connectivity index is 2.27. The van der Waals surface area contributed by atoms with E-state index in [0.29, 0.717) is 6.42 Å². The molecule has 5 nitrogen and oxygen atoms in total. The van der Waals surface area contributed by atoms with E-state index >= 15 is 0 Å². The molecule has 0 bridgehead atoms. The zero-order valence-electron chi connectivity index (χ0n) is 8.28. The molecule has 1 fully saturated rings. The minimum atomic E-state index is -1.67. The van der Waals surface area contributed by atoms with Crippen LogP contribution in [0.5, 0.6) is 0 Å². The van der Waals surface area contributed by atoms with E-state index in [0.717, 1.165) is 0 Å². The monoisotopic (exact) mass is 340 g/mol. The molecule has 2 heterocycles. The Morgan fingerprint density at radius 2 is 2.44 bits per heavy atom. The van der Waals surface area contributed by atoms with Gasteiger partial charge in [-0.2, -0.15) is 0 Å². The number of nitrogens with zero attached hydrogens (tertiary/aromatic N) is 1. The van der Waals surface area contributed by atoms with E-state index < -0.39 is 23.3 Å². The molecule has 0 aromatic carbocycles. The van der Waals surface area contributed by atoms with Crippen molar-refractivity contribution in [3.63, 3.8) is 0 Å². The fraction of sp³-hybridized carbons (Fsp3) is 0.556. The van der Waals surface area contributed by atoms with Gasteiger partial charge in [-0.1, -0.05) is 22.6 Å². The van der Waals surface area contributed by atoms with Crippen molar-refractivity contribution < 1.29 is 9.13 Å². The van der Waals surface area contributed by atoms with Gasteiger partial charge in [-0.25, -0.2) is 9.18 Å². The lowest BCUT2D eigenvalue weighted by atomic mass is 10.2. The number of nitrogens with one attached hydrogen (secondary N) is 1. The van der Waals surface area contributed by atoms with Crippen molar-refractivity contribution in [2.75, 3.05) is 4.43 Å². The van der Waals surface area contributed by atoms with Crippen LogP contribution in [-0.2, 0) is 4.74 Å². The zero-order chi connectivity index (χ0) is 11.8. The smallest absolute Gasteiger partial charge is 0.321 e. The van der Waals surface area contributed by atoms with Crippen LogP contribution in [0, 0.1) is 0 Å². The lowest BCUT2D eigenvalue weighted by molar-refractivity contribution is -0.137. The normalized spacial score (nSPS) is 29.5. The van der Waals surface area contributed by atoms with Crippen molar-refractivity contribution in [1.29, 1.82) is 0 Å². The van der Waals surface area contributed by atoms with Crippen molar-refractivity contribution in [2.24, 2.45) is 0 Å². The first-order valence-electron chi connectivity index (χ1n) is 4.78. The molecule has 0 unspecified atom stereocenters. The molecule has 0 amide bonds. The summed E-state index contributed by atoms with van der Waals surface area (Å²) in [7, 11) is 0. The predicted octanol–water partition coefficient (Wildman–Crippen LogP) is 0.946. The molecule has 1 aliphatic rings. The van der Waals surface area contributed by atoms with E-state index in [9.17, 15) is 14.0 Å². The van der Waals surface area contributed by atoms with Crippen LogP contribution in [-0.4, -0.2) is 19.8 Å². The highest BCUT2D eigenvalue weighted by atomic mass is 127. The fourth-order valence-electron chi connectivity index (χ4n) is 1.65. The van der Waals surface area contributed by atoms with Gasteiger partial charge in [0.25, 0.3) is 5.56 Å². The first kappa shape index (κ1) is 11.8. The van der Waals surface area contributed by atoms with Crippen molar-refractivity contribution in [2.45, 2.75) is 24.9 Å². The van der Waals surface area contributed by atoms with Crippen LogP contribution in [0.3, 0.4) is 0 Å². The zero-order valence-corrected chi connectivity index (χ0v) is 10.4. The van der Waals surface area contributed by atoms with Crippen LogP contribution in [0.1, 0.15) is 19.1 Å². The SMILES string of the molecule is O=c1ccn([C@H]2CC[C@@](F)(CI)O2)c(=O)[nH]1. The van der Waals surface area contributed by atoms with Gasteiger partial charge in [-0.05, 0) is 6.42 Å². The summed E-state index contributed by atoms with van der Waals surface area (Å²) in [4.78, 5) is 24.4. The number of rotatable bonds is 2. The third kappa shape index (κ3) is 2.19. The fourth-order valence-corrected chi connectivity index (χ4v) is 2.21. The Kier molecular flexibility index (Phi) is 3.15. The lowest BCUT2D eigenvalue weighted by Gasteiger charge is -2.18. The van der Waals surface area contributed by atoms with Crippen LogP contribution in [0.15, 0.2) is 21.9 Å². The summed E-state index contributed by atoms with van der Waals surface area (Å²) in [6.45, 7) is 0. The third-order valence-corrected chi connectivity index (χ3v) is 3.61. The molecule has 0 radical (unpaired) electrons. The molecule has 7 heteroatoms. The highest BCUT2D eigenvalue weighted by Gasteiger charge is 2.40. The van der Waals surface area contributed by atoms with E-state index in [2.05, 4.69) is 4.98 Å². The van der Waals surface area contributed by atoms with Gasteiger partial charge in [0, 0.05) is 18.7 Å². The van der Waals surface area contributed by atoms with Crippen molar-refractivity contribution in [3.8, 4) is 0 Å². The summed E-state index contributed by atoms with van der Waals surface area (Å²) in [6.07, 6.45) is 1.37. The second-order valence-corrected chi connectivity index (χ2v) is 4.41. The van der Waals surface area contributed by atoms with Gasteiger partial charge in [0.1, 0.15) is 6.23 Å². The number of hydrogen-bond donors (Lipinski definition) is 1. The molecule has 16 heavy (non-hydrogen) atoms. The molecular formula is C9H10FIN2O3. The first-order valence-corrected chi connectivity index (χ1v) is 6.31. The topological polar surface area (TPSA) is 64.1 Å². The minimum Gasteiger partial charge on any atom is -0.321 e. The van der Waals surface area contributed by atoms with Crippen molar-refractivity contribution in [1.82, 2.24) is 9.55 Å². The number of H-pyrrole nitrogens is 1. The van der Waals surface area contributed by atoms with Crippen molar-refractivity contribution >= 4 is 22.6 Å². The standard InChI is InChI=1S/C9H10FIN2O3/c10-9(5-11)3-1-7(16-9)13-4-2-6(14)12-8(13)15/h2,4,7H,1,3,5H2,(H,12,14,15)/t7-,9+/m1/s1. The predicted molar refractivity (Wildman–Crippen MR) is 63.4 cm³/mol. The van der Waals surface area contributed by atoms with E-state index in [1.807, 2.05) is 22.6 Å². The number of ether oxygens (including phenoxy) is 1. The summed E-state index contributed by atoms with van der Waals surface area (Å²) in [5.41, 5.74) is -1.05. The average molecular weight is 340 g/mol. The molecule has 1 N–H and O–H groups in total. The van der Waals surface area contributed by atoms with Gasteiger partial charge >= 0.3 is 5.69 Å². The molecular weight excluding hydrogens is 330 g/mol. The van der Waals surface area contributed by atoms with Crippen LogP contribution >= 0.6 is 22.6 Å². The maximum absolute atomic E-state index is 13.8. The summed E-state index contributed by atoms with van der Waals surface area (Å²) in [5.74, 6) is -1.67. The van der Waals surface area contributed by atoms with Gasteiger partial charge < -0.3 is 4.74 Å². The van der Waals surface area contributed by atoms with E-state index in [4.69, 9.17) is 4.74 Å². The Labute approximate surface area is 104 Å². The van der Waals surface area contributed by atoms with E-state index in [1.165, 1.54) is 16.8 Å². The van der Waals surface area contributed by atoms with Crippen LogP contribution in [0.2, 0.25) is 0 Å². The highest BCUT2D eigenvalue weighted by Crippen LogP contribution is 2.37. The summed E-state index contributed by atoms with van der Waals surface area (Å²) in [6, 6.07) is 1.22. The van der Waals surface area contributed by atoms with Gasteiger partial charge in [0.2, 0.25) is 5.85 Å². The molecule has 0 aliphatic carbocycles. The number of alkyl halides is 2. The first-order chi connectivity index (χ1) is 7.54. The summed E-state index contributed by atoms with van der Waals surface area (Å²) >= 11 is 1.90. The molecule has 1 saturated heterocycles. The maximum atomic E-state index is 13.8. The number of hydrogen-bond acceptors (Lipinski definition) is 3. The largest absolute Gasteiger partial charge is 0.330 e. The van der Waals surface area contributed by atoms with Crippen LogP contribution in [0.4, 0.5) is 4.39 Å². The van der Waals surface area contributed by atoms with Crippen LogP contribution < -0.4 is 11.2 Å². The second kappa shape index (κ2) is 4.28. The Bertz CT molecular complexity index is 500. The second-order valence-electron chi connectivity index (χ2n) is 3.65. The minimum absolute atomic E-state index is 0.222. The molecule has 0 saturated carbocycles. The van der Waals surface area contributed by atoms with Gasteiger partial charge in [-0.15, -0.1) is 0 Å². The van der Waals surface area contributed by atoms with Gasteiger partial charge in [-0.3, -0.25) is 14.3 Å². The highest BCUT2D eigenvalue weighted by molar-refractivity contribution is 14.1. The Morgan fingerprint density at radius 1 is 1.69 bits per heavy atom. The molecule has 1 aromatic rings. The number of aromatic nitrogens is 2. The van der Waals surface area contributed by atoms with E-state index in [1.54, 1.807) is 0 Å². The Morgan fingerprint density at radius 3 is 3.00 bits per heavy atom. The molecule has 1 aliphatic heterocycles. The molecule has 2 rings (SSSR count). The van der Waals surface area contributed by atoms with E-state index in [-0.39, 0.29) is 10.8 Å². The maximum Gasteiger partial charge on any atom is 0.330 e. The number of aromatic amines is 1.